The second-order valence-corrected chi connectivity index (χ2v) is 12.6. The highest BCUT2D eigenvalue weighted by Crippen LogP contribution is 2.34. The maximum absolute atomic E-state index is 13.6. The Morgan fingerprint density at radius 3 is 2.35 bits per heavy atom. The van der Waals surface area contributed by atoms with Crippen LogP contribution in [0.2, 0.25) is 0 Å². The Bertz CT molecular complexity index is 1020. The molecule has 1 heterocycles. The van der Waals surface area contributed by atoms with Gasteiger partial charge in [-0.25, -0.2) is 24.6 Å². The molecular weight excluding hydrogens is 494 g/mol. The van der Waals surface area contributed by atoms with E-state index in [1.165, 1.54) is 0 Å². The number of nitrogens with one attached hydrogen (secondary N) is 2. The molecule has 0 spiro atoms. The quantitative estimate of drug-likeness (QED) is 0.199. The summed E-state index contributed by atoms with van der Waals surface area (Å²) < 4.78 is 30.2. The van der Waals surface area contributed by atoms with E-state index < -0.39 is 45.7 Å². The van der Waals surface area contributed by atoms with E-state index in [1.54, 1.807) is 30.3 Å². The molecule has 0 aliphatic carbocycles. The highest BCUT2D eigenvalue weighted by atomic mass is 32.2. The van der Waals surface area contributed by atoms with E-state index in [0.717, 1.165) is 19.1 Å². The molecule has 208 valence electrons. The molecule has 1 aromatic rings. The second-order valence-electron chi connectivity index (χ2n) is 10.6. The zero-order valence-corrected chi connectivity index (χ0v) is 23.4. The molecule has 37 heavy (non-hydrogen) atoms. The van der Waals surface area contributed by atoms with Crippen LogP contribution < -0.4 is 16.7 Å². The number of ether oxygens (including phenoxy) is 1. The van der Waals surface area contributed by atoms with Crippen LogP contribution >= 0.6 is 0 Å². The number of carbonyl (C=O) groups is 2. The Morgan fingerprint density at radius 2 is 1.78 bits per heavy atom. The molecule has 0 bridgehead atoms. The largest absolute Gasteiger partial charge is 0.350 e. The van der Waals surface area contributed by atoms with E-state index in [2.05, 4.69) is 10.9 Å². The molecule has 4 atom stereocenters. The fourth-order valence-electron chi connectivity index (χ4n) is 4.78. The lowest BCUT2D eigenvalue weighted by molar-refractivity contribution is -0.203. The summed E-state index contributed by atoms with van der Waals surface area (Å²) in [7, 11) is -3.46. The lowest BCUT2D eigenvalue weighted by atomic mass is 9.73. The first kappa shape index (κ1) is 31.0. The fraction of sp³-hybridized carbons (Fsp3) is 0.630. The molecule has 1 aliphatic rings. The van der Waals surface area contributed by atoms with Gasteiger partial charge in [-0.05, 0) is 55.1 Å². The number of benzene rings is 1. The average Bonchev–Trinajstić information content (AvgIpc) is 2.84. The Labute approximate surface area is 221 Å². The minimum absolute atomic E-state index is 0.120. The smallest absolute Gasteiger partial charge is 0.248 e. The van der Waals surface area contributed by atoms with Gasteiger partial charge in [0.05, 0.1) is 16.7 Å². The molecule has 1 aliphatic heterocycles. The molecule has 9 nitrogen and oxygen atoms in total. The van der Waals surface area contributed by atoms with Crippen LogP contribution in [0.4, 0.5) is 0 Å². The van der Waals surface area contributed by atoms with Crippen LogP contribution in [0.15, 0.2) is 35.2 Å². The summed E-state index contributed by atoms with van der Waals surface area (Å²) in [4.78, 5) is 32.4. The number of carbonyl (C=O) groups excluding carboxylic acids is 2. The number of hydrogen-bond donors (Lipinski definition) is 3. The normalized spacial score (nSPS) is 19.1. The summed E-state index contributed by atoms with van der Waals surface area (Å²) in [5, 5.41) is 0. The summed E-state index contributed by atoms with van der Waals surface area (Å²) in [6.07, 6.45) is 7.76. The van der Waals surface area contributed by atoms with Crippen molar-refractivity contribution in [2.45, 2.75) is 71.0 Å². The monoisotopic (exact) mass is 537 g/mol. The molecule has 2 rings (SSSR count). The van der Waals surface area contributed by atoms with Crippen molar-refractivity contribution < 1.29 is 27.6 Å². The zero-order valence-electron chi connectivity index (χ0n) is 22.6. The Balaban J connectivity index is 2.48. The molecule has 2 amide bonds. The van der Waals surface area contributed by atoms with Gasteiger partial charge in [-0.2, -0.15) is 0 Å². The molecule has 10 heteroatoms. The molecule has 0 radical (unpaired) electrons. The van der Waals surface area contributed by atoms with Crippen molar-refractivity contribution in [2.24, 2.45) is 35.4 Å². The minimum atomic E-state index is -3.46. The van der Waals surface area contributed by atoms with E-state index in [-0.39, 0.29) is 16.7 Å². The first-order valence-electron chi connectivity index (χ1n) is 13.0. The summed E-state index contributed by atoms with van der Waals surface area (Å²) in [6.45, 7) is 8.59. The Kier molecular flexibility index (Phi) is 12.2. The van der Waals surface area contributed by atoms with Gasteiger partial charge in [-0.1, -0.05) is 58.0 Å². The van der Waals surface area contributed by atoms with Crippen LogP contribution in [0.3, 0.4) is 0 Å². The zero-order chi connectivity index (χ0) is 27.6. The summed E-state index contributed by atoms with van der Waals surface area (Å²) in [6, 6.07) is 6.70. The third-order valence-electron chi connectivity index (χ3n) is 6.42. The van der Waals surface area contributed by atoms with Gasteiger partial charge in [0, 0.05) is 19.3 Å². The molecule has 1 aromatic carbocycles. The molecule has 0 aromatic heterocycles. The highest BCUT2D eigenvalue weighted by Gasteiger charge is 2.39. The van der Waals surface area contributed by atoms with Gasteiger partial charge in [0.15, 0.2) is 16.1 Å². The van der Waals surface area contributed by atoms with Gasteiger partial charge in [-0.3, -0.25) is 15.0 Å². The number of hydrazine groups is 1. The van der Waals surface area contributed by atoms with E-state index in [0.29, 0.717) is 31.4 Å². The van der Waals surface area contributed by atoms with Crippen LogP contribution in [0.25, 0.3) is 6.08 Å². The lowest BCUT2D eigenvalue weighted by Crippen LogP contribution is -2.48. The van der Waals surface area contributed by atoms with Crippen molar-refractivity contribution in [3.05, 3.63) is 35.9 Å². The maximum atomic E-state index is 13.6. The number of allylic oxidation sites excluding steroid dienone is 1. The molecule has 4 N–H and O–H groups in total. The topological polar surface area (TPSA) is 137 Å². The van der Waals surface area contributed by atoms with Crippen molar-refractivity contribution in [3.63, 3.8) is 0 Å². The van der Waals surface area contributed by atoms with Crippen LogP contribution in [0.5, 0.6) is 0 Å². The second kappa shape index (κ2) is 14.6. The number of hydrogen-bond acceptors (Lipinski definition) is 7. The van der Waals surface area contributed by atoms with Crippen molar-refractivity contribution in [3.8, 4) is 0 Å². The average molecular weight is 538 g/mol. The SMILES string of the molecule is CC(C)CC(/C=C\c1ccccc1S(C)(=O)=O)[C@H](C(=O)NOC1CCCCO1)[C@@H](CC(C)C)C(=O)NN. The third kappa shape index (κ3) is 9.85. The van der Waals surface area contributed by atoms with Crippen LogP contribution in [0, 0.1) is 29.6 Å². The molecular formula is C27H43N3O6S. The van der Waals surface area contributed by atoms with Crippen LogP contribution in [-0.2, 0) is 29.0 Å². The fourth-order valence-corrected chi connectivity index (χ4v) is 5.67. The van der Waals surface area contributed by atoms with E-state index in [9.17, 15) is 18.0 Å². The van der Waals surface area contributed by atoms with Gasteiger partial charge in [-0.15, -0.1) is 0 Å². The molecule has 2 unspecified atom stereocenters. The van der Waals surface area contributed by atoms with E-state index in [1.807, 2.05) is 33.8 Å². The summed E-state index contributed by atoms with van der Waals surface area (Å²) in [5.74, 6) is 3.07. The van der Waals surface area contributed by atoms with Crippen LogP contribution in [-0.4, -0.2) is 39.4 Å². The van der Waals surface area contributed by atoms with Gasteiger partial charge in [0.2, 0.25) is 11.8 Å². The predicted molar refractivity (Wildman–Crippen MR) is 143 cm³/mol. The number of sulfone groups is 1. The highest BCUT2D eigenvalue weighted by molar-refractivity contribution is 7.90. The predicted octanol–water partition coefficient (Wildman–Crippen LogP) is 3.61. The molecule has 1 fully saturated rings. The third-order valence-corrected chi connectivity index (χ3v) is 7.59. The number of nitrogens with two attached hydrogens (primary N) is 1. The summed E-state index contributed by atoms with van der Waals surface area (Å²) >= 11 is 0. The van der Waals surface area contributed by atoms with Gasteiger partial charge in [0.1, 0.15) is 0 Å². The Morgan fingerprint density at radius 1 is 1.11 bits per heavy atom. The van der Waals surface area contributed by atoms with Crippen molar-refractivity contribution in [2.75, 3.05) is 12.9 Å². The summed E-state index contributed by atoms with van der Waals surface area (Å²) in [5.41, 5.74) is 5.31. The Hall–Kier alpha value is -2.27. The lowest BCUT2D eigenvalue weighted by Gasteiger charge is -2.33. The first-order chi connectivity index (χ1) is 17.4. The van der Waals surface area contributed by atoms with Crippen LogP contribution in [0.1, 0.15) is 65.4 Å². The molecule has 1 saturated heterocycles. The first-order valence-corrected chi connectivity index (χ1v) is 14.9. The molecule has 0 saturated carbocycles. The van der Waals surface area contributed by atoms with Crippen molar-refractivity contribution in [1.82, 2.24) is 10.9 Å². The van der Waals surface area contributed by atoms with Gasteiger partial charge < -0.3 is 4.74 Å². The number of hydroxylamine groups is 1. The van der Waals surface area contributed by atoms with E-state index >= 15 is 0 Å². The van der Waals surface area contributed by atoms with Gasteiger partial charge >= 0.3 is 0 Å². The van der Waals surface area contributed by atoms with Crippen molar-refractivity contribution in [1.29, 1.82) is 0 Å². The standard InChI is InChI=1S/C27H43N3O6S/c1-18(2)16-21(14-13-20-10-6-7-11-23(20)37(5,33)34)25(22(17-19(3)4)26(31)29-28)27(32)30-36-24-12-8-9-15-35-24/h6-7,10-11,13-14,18-19,21-22,24-25H,8-9,12,15-17,28H2,1-5H3,(H,29,31)(H,30,32)/b14-13-/t21?,22-,24?,25+/m1/s1. The number of rotatable bonds is 13. The maximum Gasteiger partial charge on any atom is 0.248 e. The van der Waals surface area contributed by atoms with E-state index in [4.69, 9.17) is 15.4 Å². The minimum Gasteiger partial charge on any atom is -0.350 e. The van der Waals surface area contributed by atoms with Crippen molar-refractivity contribution >= 4 is 27.7 Å². The van der Waals surface area contributed by atoms with Gasteiger partial charge in [0.25, 0.3) is 0 Å². The number of amides is 2.